The van der Waals surface area contributed by atoms with Gasteiger partial charge in [0.25, 0.3) is 5.91 Å². The minimum absolute atomic E-state index is 0.131. The molecule has 0 aliphatic carbocycles. The number of hydrogen-bond acceptors (Lipinski definition) is 5. The Labute approximate surface area is 183 Å². The van der Waals surface area contributed by atoms with E-state index in [4.69, 9.17) is 10.5 Å². The van der Waals surface area contributed by atoms with E-state index in [1.54, 1.807) is 29.2 Å². The third-order valence-corrected chi connectivity index (χ3v) is 5.55. The fourth-order valence-electron chi connectivity index (χ4n) is 4.10. The maximum absolute atomic E-state index is 13.4. The summed E-state index contributed by atoms with van der Waals surface area (Å²) in [5, 5.41) is 5.80. The molecule has 0 unspecified atom stereocenters. The Morgan fingerprint density at radius 1 is 1.32 bits per heavy atom. The molecule has 0 spiro atoms. The summed E-state index contributed by atoms with van der Waals surface area (Å²) in [7, 11) is 0. The first-order valence-electron chi connectivity index (χ1n) is 11.0. The van der Waals surface area contributed by atoms with E-state index in [2.05, 4.69) is 10.6 Å². The molecule has 3 amide bonds. The first-order chi connectivity index (χ1) is 14.6. The van der Waals surface area contributed by atoms with Gasteiger partial charge in [0.15, 0.2) is 0 Å². The lowest BCUT2D eigenvalue weighted by atomic mass is 9.91. The summed E-state index contributed by atoms with van der Waals surface area (Å²) >= 11 is 0. The van der Waals surface area contributed by atoms with Gasteiger partial charge in [0.1, 0.15) is 18.4 Å². The normalized spacial score (nSPS) is 25.2. The maximum Gasteiger partial charge on any atom is 0.251 e. The van der Waals surface area contributed by atoms with Gasteiger partial charge in [-0.15, -0.1) is 0 Å². The largest absolute Gasteiger partial charge is 0.491 e. The Bertz CT molecular complexity index is 820. The number of nitrogens with two attached hydrogens (primary N) is 1. The summed E-state index contributed by atoms with van der Waals surface area (Å²) in [4.78, 5) is 40.1. The zero-order valence-corrected chi connectivity index (χ0v) is 18.6. The predicted molar refractivity (Wildman–Crippen MR) is 118 cm³/mol. The molecule has 1 aromatic carbocycles. The van der Waals surface area contributed by atoms with Gasteiger partial charge in [-0.25, -0.2) is 0 Å². The molecule has 1 saturated heterocycles. The van der Waals surface area contributed by atoms with Crippen molar-refractivity contribution in [1.29, 1.82) is 0 Å². The van der Waals surface area contributed by atoms with Crippen molar-refractivity contribution in [3.63, 3.8) is 0 Å². The molecule has 0 saturated carbocycles. The number of amides is 3. The number of hydrogen-bond donors (Lipinski definition) is 3. The number of carbonyl (C=O) groups excluding carboxylic acids is 3. The van der Waals surface area contributed by atoms with Crippen molar-refractivity contribution in [3.8, 4) is 5.75 Å². The fraction of sp³-hybridized carbons (Fsp3) is 0.609. The number of nitrogens with zero attached hydrogens (tertiary/aromatic N) is 1. The topological polar surface area (TPSA) is 114 Å². The second-order valence-electron chi connectivity index (χ2n) is 9.73. The fourth-order valence-corrected chi connectivity index (χ4v) is 4.10. The van der Waals surface area contributed by atoms with Crippen molar-refractivity contribution in [2.24, 2.45) is 11.1 Å². The van der Waals surface area contributed by atoms with Crippen LogP contribution in [0.1, 0.15) is 56.8 Å². The van der Waals surface area contributed by atoms with Gasteiger partial charge >= 0.3 is 0 Å². The third kappa shape index (κ3) is 6.43. The summed E-state index contributed by atoms with van der Waals surface area (Å²) in [6, 6.07) is 6.06. The van der Waals surface area contributed by atoms with Gasteiger partial charge < -0.3 is 26.0 Å². The number of ether oxygens (including phenoxy) is 1. The first-order valence-corrected chi connectivity index (χ1v) is 11.0. The molecule has 170 valence electrons. The molecule has 1 aromatic rings. The summed E-state index contributed by atoms with van der Waals surface area (Å²) in [6.07, 6.45) is 1.97. The number of benzene rings is 1. The van der Waals surface area contributed by atoms with Crippen LogP contribution in [0, 0.1) is 5.41 Å². The van der Waals surface area contributed by atoms with Gasteiger partial charge in [-0.1, -0.05) is 26.8 Å². The van der Waals surface area contributed by atoms with Crippen LogP contribution in [0.4, 0.5) is 0 Å². The van der Waals surface area contributed by atoms with E-state index in [1.807, 2.05) is 20.8 Å². The minimum atomic E-state index is -0.652. The highest BCUT2D eigenvalue weighted by Crippen LogP contribution is 2.23. The molecular weight excluding hydrogens is 396 g/mol. The SMILES string of the molecule is CC(C)(C)CC(=O)N[C@H]1CCCNC(=O)c2cccc(c2)OC[C@@H]2C[C@H](N)CN2C1=O. The van der Waals surface area contributed by atoms with E-state index in [0.29, 0.717) is 50.1 Å². The molecule has 2 bridgehead atoms. The Balaban J connectivity index is 1.80. The van der Waals surface area contributed by atoms with Crippen LogP contribution in [0.15, 0.2) is 24.3 Å². The number of carbonyl (C=O) groups is 3. The van der Waals surface area contributed by atoms with Crippen molar-refractivity contribution in [2.45, 2.75) is 64.6 Å². The molecule has 2 heterocycles. The molecule has 8 heteroatoms. The van der Waals surface area contributed by atoms with Gasteiger partial charge in [-0.2, -0.15) is 0 Å². The zero-order valence-electron chi connectivity index (χ0n) is 18.6. The molecule has 3 atom stereocenters. The molecule has 2 aliphatic rings. The Morgan fingerprint density at radius 2 is 2.10 bits per heavy atom. The molecule has 2 aliphatic heterocycles. The van der Waals surface area contributed by atoms with Crippen LogP contribution in [-0.4, -0.2) is 60.4 Å². The van der Waals surface area contributed by atoms with E-state index >= 15 is 0 Å². The summed E-state index contributed by atoms with van der Waals surface area (Å²) in [5.74, 6) is 0.0995. The number of rotatable bonds is 2. The van der Waals surface area contributed by atoms with Gasteiger partial charge in [0.05, 0.1) is 6.04 Å². The molecule has 1 fully saturated rings. The summed E-state index contributed by atoms with van der Waals surface area (Å²) in [5.41, 5.74) is 6.52. The smallest absolute Gasteiger partial charge is 0.251 e. The van der Waals surface area contributed by atoms with Gasteiger partial charge in [-0.05, 0) is 42.9 Å². The number of nitrogens with one attached hydrogen (secondary N) is 2. The maximum atomic E-state index is 13.4. The van der Waals surface area contributed by atoms with E-state index in [9.17, 15) is 14.4 Å². The summed E-state index contributed by atoms with van der Waals surface area (Å²) < 4.78 is 5.92. The van der Waals surface area contributed by atoms with Crippen LogP contribution in [0.3, 0.4) is 0 Å². The average Bonchev–Trinajstić information content (AvgIpc) is 3.06. The molecule has 31 heavy (non-hydrogen) atoms. The van der Waals surface area contributed by atoms with Crippen molar-refractivity contribution in [2.75, 3.05) is 19.7 Å². The van der Waals surface area contributed by atoms with E-state index in [1.165, 1.54) is 0 Å². The molecule has 4 N–H and O–H groups in total. The second kappa shape index (κ2) is 9.68. The van der Waals surface area contributed by atoms with Crippen LogP contribution in [0.5, 0.6) is 5.75 Å². The lowest BCUT2D eigenvalue weighted by Gasteiger charge is -2.30. The Hall–Kier alpha value is -2.61. The Kier molecular flexibility index (Phi) is 7.20. The highest BCUT2D eigenvalue weighted by Gasteiger charge is 2.37. The highest BCUT2D eigenvalue weighted by atomic mass is 16.5. The molecule has 0 aromatic heterocycles. The first kappa shape index (κ1) is 23.1. The van der Waals surface area contributed by atoms with Crippen LogP contribution >= 0.6 is 0 Å². The highest BCUT2D eigenvalue weighted by molar-refractivity contribution is 5.94. The van der Waals surface area contributed by atoms with Crippen molar-refractivity contribution >= 4 is 17.7 Å². The molecule has 0 radical (unpaired) electrons. The summed E-state index contributed by atoms with van der Waals surface area (Å²) in [6.45, 7) is 7.09. The zero-order chi connectivity index (χ0) is 22.6. The van der Waals surface area contributed by atoms with E-state index in [-0.39, 0.29) is 41.8 Å². The standard InChI is InChI=1S/C23H34N4O4/c1-23(2,3)12-20(28)26-19-8-5-9-25-21(29)15-6-4-7-18(10-15)31-14-17-11-16(24)13-27(17)22(19)30/h4,6-7,10,16-17,19H,5,8-9,11-14,24H2,1-3H3,(H,25,29)(H,26,28)/t16-,17-,19-/m0/s1. The van der Waals surface area contributed by atoms with Gasteiger partial charge in [0, 0.05) is 31.1 Å². The van der Waals surface area contributed by atoms with Crippen LogP contribution in [0.2, 0.25) is 0 Å². The molecule has 8 nitrogen and oxygen atoms in total. The van der Waals surface area contributed by atoms with Crippen LogP contribution < -0.4 is 21.1 Å². The Morgan fingerprint density at radius 3 is 2.84 bits per heavy atom. The molecular formula is C23H34N4O4. The van der Waals surface area contributed by atoms with Gasteiger partial charge in [0.2, 0.25) is 11.8 Å². The quantitative estimate of drug-likeness (QED) is 0.657. The second-order valence-corrected chi connectivity index (χ2v) is 9.73. The van der Waals surface area contributed by atoms with Crippen LogP contribution in [0.25, 0.3) is 0 Å². The lowest BCUT2D eigenvalue weighted by Crippen LogP contribution is -2.52. The van der Waals surface area contributed by atoms with Crippen LogP contribution in [-0.2, 0) is 9.59 Å². The van der Waals surface area contributed by atoms with Crippen molar-refractivity contribution in [3.05, 3.63) is 29.8 Å². The van der Waals surface area contributed by atoms with E-state index < -0.39 is 6.04 Å². The van der Waals surface area contributed by atoms with Gasteiger partial charge in [-0.3, -0.25) is 14.4 Å². The van der Waals surface area contributed by atoms with E-state index in [0.717, 1.165) is 0 Å². The predicted octanol–water partition coefficient (Wildman–Crippen LogP) is 1.44. The lowest BCUT2D eigenvalue weighted by molar-refractivity contribution is -0.138. The van der Waals surface area contributed by atoms with Crippen molar-refractivity contribution < 1.29 is 19.1 Å². The number of fused-ring (bicyclic) bond motifs is 3. The minimum Gasteiger partial charge on any atom is -0.491 e. The molecule has 3 rings (SSSR count). The third-order valence-electron chi connectivity index (χ3n) is 5.55. The average molecular weight is 431 g/mol. The monoisotopic (exact) mass is 430 g/mol. The van der Waals surface area contributed by atoms with Crippen molar-refractivity contribution in [1.82, 2.24) is 15.5 Å².